The number of carbonyl (C=O) groups excluding carboxylic acids is 2. The number of rotatable bonds is 10. The Morgan fingerprint density at radius 1 is 1.00 bits per heavy atom. The number of pyridine rings is 1. The van der Waals surface area contributed by atoms with Gasteiger partial charge < -0.3 is 15.0 Å². The molecule has 2 aromatic heterocycles. The summed E-state index contributed by atoms with van der Waals surface area (Å²) in [7, 11) is -0.647. The highest BCUT2D eigenvalue weighted by atomic mass is 19.1. The summed E-state index contributed by atoms with van der Waals surface area (Å²) in [5.41, 5.74) is 7.09. The topological polar surface area (TPSA) is 109 Å². The predicted molar refractivity (Wildman–Crippen MR) is 163 cm³/mol. The Kier molecular flexibility index (Phi) is 8.74. The number of primary amides is 1. The number of carbonyl (C=O) groups is 2. The number of benzene rings is 2. The monoisotopic (exact) mass is 618 g/mol. The highest BCUT2D eigenvalue weighted by Gasteiger charge is 2.52. The lowest BCUT2D eigenvalue weighted by molar-refractivity contribution is -0.120. The summed E-state index contributed by atoms with van der Waals surface area (Å²) in [6.07, 6.45) is 3.28. The van der Waals surface area contributed by atoms with Gasteiger partial charge in [-0.3, -0.25) is 19.3 Å². The first-order valence-corrected chi connectivity index (χ1v) is 14.5. The molecule has 1 atom stereocenters. The number of ketones is 1. The second-order valence-electron chi connectivity index (χ2n) is 12.4. The first-order valence-electron chi connectivity index (χ1n) is 14.5. The SMILES string of the molecule is Cc1nn(CC(=O)C[C@@H](Cc2cc(F)cc(F)c2)c2ncccc2-c2ccc(F)c(C(N)=O)c2)cc1B1OC(C)(C)C(C)(C)O1. The number of aromatic nitrogens is 3. The van der Waals surface area contributed by atoms with Gasteiger partial charge in [-0.1, -0.05) is 12.1 Å². The predicted octanol–water partition coefficient (Wildman–Crippen LogP) is 5.05. The molecular weight excluding hydrogens is 584 g/mol. The molecule has 8 nitrogen and oxygen atoms in total. The molecule has 5 rings (SSSR count). The summed E-state index contributed by atoms with van der Waals surface area (Å²) in [4.78, 5) is 30.0. The highest BCUT2D eigenvalue weighted by Crippen LogP contribution is 2.37. The van der Waals surface area contributed by atoms with Gasteiger partial charge in [0.15, 0.2) is 5.78 Å². The van der Waals surface area contributed by atoms with Crippen molar-refractivity contribution in [2.45, 2.75) is 71.1 Å². The Hall–Kier alpha value is -4.29. The lowest BCUT2D eigenvalue weighted by Gasteiger charge is -2.32. The minimum atomic E-state index is -0.934. The lowest BCUT2D eigenvalue weighted by atomic mass is 9.79. The molecule has 0 spiro atoms. The van der Waals surface area contributed by atoms with Crippen molar-refractivity contribution < 1.29 is 32.1 Å². The van der Waals surface area contributed by atoms with Crippen LogP contribution in [0.3, 0.4) is 0 Å². The van der Waals surface area contributed by atoms with Gasteiger partial charge in [0, 0.05) is 41.8 Å². The van der Waals surface area contributed by atoms with E-state index in [0.717, 1.165) is 12.1 Å². The number of amides is 1. The number of nitrogens with two attached hydrogens (primary N) is 1. The van der Waals surface area contributed by atoms with Gasteiger partial charge in [0.25, 0.3) is 5.91 Å². The van der Waals surface area contributed by atoms with E-state index >= 15 is 0 Å². The molecule has 12 heteroatoms. The molecule has 0 bridgehead atoms. The fourth-order valence-electron chi connectivity index (χ4n) is 5.48. The molecule has 4 aromatic rings. The van der Waals surface area contributed by atoms with Crippen molar-refractivity contribution in [3.05, 3.63) is 101 Å². The smallest absolute Gasteiger partial charge is 0.399 e. The van der Waals surface area contributed by atoms with Crippen LogP contribution in [-0.2, 0) is 27.1 Å². The van der Waals surface area contributed by atoms with Gasteiger partial charge in [-0.2, -0.15) is 5.10 Å². The van der Waals surface area contributed by atoms with E-state index in [1.165, 1.54) is 35.1 Å². The van der Waals surface area contributed by atoms with E-state index in [0.29, 0.717) is 33.5 Å². The molecule has 0 aliphatic carbocycles. The molecule has 2 N–H and O–H groups in total. The standard InChI is InChI=1S/C33H34BF3N4O4/c1-19-28(34-44-32(2,3)33(4,5)45-34)18-41(40-19)17-25(42)14-22(11-20-12-23(35)16-24(36)13-20)30-26(7-6-10-39-30)21-8-9-29(37)27(15-21)31(38)43/h6-10,12-13,15-16,18,22H,11,14,17H2,1-5H3,(H2,38,43)/t22-/m1/s1. The van der Waals surface area contributed by atoms with Gasteiger partial charge >= 0.3 is 7.12 Å². The first kappa shape index (κ1) is 32.1. The molecule has 0 saturated carbocycles. The summed E-state index contributed by atoms with van der Waals surface area (Å²) in [5, 5.41) is 4.52. The maximum absolute atomic E-state index is 14.3. The minimum absolute atomic E-state index is 0.0588. The normalized spacial score (nSPS) is 16.1. The van der Waals surface area contributed by atoms with Gasteiger partial charge in [0.05, 0.1) is 34.7 Å². The van der Waals surface area contributed by atoms with Crippen molar-refractivity contribution in [3.63, 3.8) is 0 Å². The van der Waals surface area contributed by atoms with Crippen LogP contribution in [0, 0.1) is 24.4 Å². The van der Waals surface area contributed by atoms with Gasteiger partial charge in [-0.05, 0) is 82.5 Å². The van der Waals surface area contributed by atoms with Crippen LogP contribution < -0.4 is 11.2 Å². The third kappa shape index (κ3) is 6.86. The van der Waals surface area contributed by atoms with Crippen molar-refractivity contribution in [1.29, 1.82) is 0 Å². The van der Waals surface area contributed by atoms with E-state index < -0.39 is 47.6 Å². The van der Waals surface area contributed by atoms with Crippen molar-refractivity contribution in [2.75, 3.05) is 0 Å². The third-order valence-electron chi connectivity index (χ3n) is 8.48. The van der Waals surface area contributed by atoms with Crippen LogP contribution in [-0.4, -0.2) is 44.8 Å². The Morgan fingerprint density at radius 2 is 1.67 bits per heavy atom. The largest absolute Gasteiger partial charge is 0.498 e. The summed E-state index contributed by atoms with van der Waals surface area (Å²) in [6, 6.07) is 10.5. The van der Waals surface area contributed by atoms with E-state index in [1.807, 2.05) is 34.6 Å². The van der Waals surface area contributed by atoms with Crippen LogP contribution >= 0.6 is 0 Å². The molecule has 1 fully saturated rings. The molecule has 0 unspecified atom stereocenters. The number of hydrogen-bond acceptors (Lipinski definition) is 6. The Bertz CT molecular complexity index is 1740. The van der Waals surface area contributed by atoms with Gasteiger partial charge in [0.2, 0.25) is 0 Å². The summed E-state index contributed by atoms with van der Waals surface area (Å²) >= 11 is 0. The maximum atomic E-state index is 14.3. The average Bonchev–Trinajstić information content (AvgIpc) is 3.41. The van der Waals surface area contributed by atoms with Crippen LogP contribution in [0.25, 0.3) is 11.1 Å². The van der Waals surface area contributed by atoms with Crippen LogP contribution in [0.5, 0.6) is 0 Å². The zero-order chi connectivity index (χ0) is 32.7. The summed E-state index contributed by atoms with van der Waals surface area (Å²) in [5.74, 6) is -4.06. The first-order chi connectivity index (χ1) is 21.1. The maximum Gasteiger partial charge on any atom is 0.498 e. The fraction of sp³-hybridized carbons (Fsp3) is 0.333. The van der Waals surface area contributed by atoms with E-state index in [9.17, 15) is 22.8 Å². The van der Waals surface area contributed by atoms with Crippen LogP contribution in [0.1, 0.15) is 67.3 Å². The van der Waals surface area contributed by atoms with Crippen LogP contribution in [0.15, 0.2) is 60.9 Å². The molecule has 45 heavy (non-hydrogen) atoms. The Labute approximate surface area is 259 Å². The van der Waals surface area contributed by atoms with E-state index in [-0.39, 0.29) is 30.7 Å². The molecule has 234 valence electrons. The van der Waals surface area contributed by atoms with E-state index in [2.05, 4.69) is 10.1 Å². The molecule has 0 radical (unpaired) electrons. The molecule has 2 aromatic carbocycles. The molecule has 3 heterocycles. The summed E-state index contributed by atoms with van der Waals surface area (Å²) < 4.78 is 56.5. The van der Waals surface area contributed by atoms with E-state index in [1.54, 1.807) is 18.3 Å². The van der Waals surface area contributed by atoms with Crippen molar-refractivity contribution >= 4 is 24.3 Å². The molecule has 1 saturated heterocycles. The Balaban J connectivity index is 1.45. The molecule has 1 aliphatic heterocycles. The molecule has 1 amide bonds. The second-order valence-corrected chi connectivity index (χ2v) is 12.4. The number of halogens is 3. The second kappa shape index (κ2) is 12.2. The minimum Gasteiger partial charge on any atom is -0.399 e. The molecule has 1 aliphatic rings. The van der Waals surface area contributed by atoms with Gasteiger partial charge in [-0.25, -0.2) is 13.2 Å². The van der Waals surface area contributed by atoms with Crippen LogP contribution in [0.4, 0.5) is 13.2 Å². The quantitative estimate of drug-likeness (QED) is 0.249. The van der Waals surface area contributed by atoms with Crippen molar-refractivity contribution in [1.82, 2.24) is 14.8 Å². The van der Waals surface area contributed by atoms with Gasteiger partial charge in [0.1, 0.15) is 17.5 Å². The fourth-order valence-corrected chi connectivity index (χ4v) is 5.48. The van der Waals surface area contributed by atoms with E-state index in [4.69, 9.17) is 15.0 Å². The number of aryl methyl sites for hydroxylation is 1. The molecular formula is C33H34BF3N4O4. The lowest BCUT2D eigenvalue weighted by Crippen LogP contribution is -2.41. The third-order valence-corrected chi connectivity index (χ3v) is 8.48. The zero-order valence-electron chi connectivity index (χ0n) is 25.7. The van der Waals surface area contributed by atoms with Crippen molar-refractivity contribution in [2.24, 2.45) is 5.73 Å². The van der Waals surface area contributed by atoms with Gasteiger partial charge in [-0.15, -0.1) is 0 Å². The Morgan fingerprint density at radius 3 is 2.31 bits per heavy atom. The number of Topliss-reactive ketones (excluding diaryl/α,β-unsaturated/α-hetero) is 1. The summed E-state index contributed by atoms with van der Waals surface area (Å²) in [6.45, 7) is 9.53. The highest BCUT2D eigenvalue weighted by molar-refractivity contribution is 6.62. The number of hydrogen-bond donors (Lipinski definition) is 1. The van der Waals surface area contributed by atoms with Crippen LogP contribution in [0.2, 0.25) is 0 Å². The van der Waals surface area contributed by atoms with Crippen molar-refractivity contribution in [3.8, 4) is 11.1 Å². The average molecular weight is 618 g/mol. The zero-order valence-corrected chi connectivity index (χ0v) is 25.7. The number of nitrogens with zero attached hydrogens (tertiary/aromatic N) is 3.